The van der Waals surface area contributed by atoms with Gasteiger partial charge in [0, 0.05) is 6.61 Å². The fourth-order valence-electron chi connectivity index (χ4n) is 1.97. The van der Waals surface area contributed by atoms with Crippen molar-refractivity contribution in [1.29, 1.82) is 0 Å². The van der Waals surface area contributed by atoms with E-state index in [0.29, 0.717) is 6.61 Å². The van der Waals surface area contributed by atoms with Gasteiger partial charge in [-0.1, -0.05) is 30.3 Å². The molecule has 1 saturated heterocycles. The summed E-state index contributed by atoms with van der Waals surface area (Å²) in [4.78, 5) is 11.8. The maximum Gasteiger partial charge on any atom is 0.249 e. The van der Waals surface area contributed by atoms with Crippen LogP contribution in [0.25, 0.3) is 0 Å². The van der Waals surface area contributed by atoms with Gasteiger partial charge < -0.3 is 15.2 Å². The van der Waals surface area contributed by atoms with Gasteiger partial charge in [0.25, 0.3) is 0 Å². The van der Waals surface area contributed by atoms with Crippen LogP contribution >= 0.6 is 0 Å². The van der Waals surface area contributed by atoms with Crippen molar-refractivity contribution >= 4 is 5.91 Å². The number of carbonyl (C=O) groups is 1. The van der Waals surface area contributed by atoms with Crippen LogP contribution in [0.1, 0.15) is 24.4 Å². The van der Waals surface area contributed by atoms with Crippen LogP contribution in [0.2, 0.25) is 0 Å². The zero-order valence-corrected chi connectivity index (χ0v) is 9.63. The van der Waals surface area contributed by atoms with Crippen LogP contribution in [0.4, 0.5) is 0 Å². The predicted octanol–water partition coefficient (Wildman–Crippen LogP) is 1.02. The number of nitrogens with one attached hydrogen (secondary N) is 1. The highest BCUT2D eigenvalue weighted by Gasteiger charge is 2.25. The molecule has 1 heterocycles. The number of benzene rings is 1. The van der Waals surface area contributed by atoms with Crippen molar-refractivity contribution in [2.75, 3.05) is 13.2 Å². The molecule has 1 aromatic carbocycles. The molecule has 0 saturated carbocycles. The van der Waals surface area contributed by atoms with Gasteiger partial charge >= 0.3 is 0 Å². The second-order valence-corrected chi connectivity index (χ2v) is 4.16. The van der Waals surface area contributed by atoms with Gasteiger partial charge in [-0.2, -0.15) is 0 Å². The normalized spacial score (nSPS) is 21.1. The van der Waals surface area contributed by atoms with Crippen molar-refractivity contribution < 1.29 is 14.6 Å². The van der Waals surface area contributed by atoms with Crippen LogP contribution in [-0.4, -0.2) is 30.3 Å². The molecule has 1 aromatic rings. The summed E-state index contributed by atoms with van der Waals surface area (Å²) in [6.07, 6.45) is 1.33. The van der Waals surface area contributed by atoms with E-state index in [9.17, 15) is 9.90 Å². The Labute approximate surface area is 101 Å². The maximum atomic E-state index is 11.8. The van der Waals surface area contributed by atoms with Gasteiger partial charge in [0.2, 0.25) is 5.91 Å². The summed E-state index contributed by atoms with van der Waals surface area (Å²) in [5.74, 6) is -0.134. The molecule has 1 unspecified atom stereocenters. The van der Waals surface area contributed by atoms with Crippen molar-refractivity contribution in [2.24, 2.45) is 0 Å². The van der Waals surface area contributed by atoms with Gasteiger partial charge in [-0.3, -0.25) is 4.79 Å². The summed E-state index contributed by atoms with van der Waals surface area (Å²) < 4.78 is 5.30. The minimum Gasteiger partial charge on any atom is -0.394 e. The van der Waals surface area contributed by atoms with E-state index in [1.54, 1.807) is 0 Å². The van der Waals surface area contributed by atoms with E-state index in [4.69, 9.17) is 4.74 Å². The number of aliphatic hydroxyl groups excluding tert-OH is 1. The molecule has 1 amide bonds. The molecule has 17 heavy (non-hydrogen) atoms. The second kappa shape index (κ2) is 5.80. The lowest BCUT2D eigenvalue weighted by Crippen LogP contribution is -2.38. The Morgan fingerprint density at radius 2 is 2.24 bits per heavy atom. The van der Waals surface area contributed by atoms with E-state index in [1.807, 2.05) is 30.3 Å². The number of carbonyl (C=O) groups excluding carboxylic acids is 1. The molecular weight excluding hydrogens is 218 g/mol. The fraction of sp³-hybridized carbons (Fsp3) is 0.462. The van der Waals surface area contributed by atoms with Gasteiger partial charge in [-0.05, 0) is 18.4 Å². The largest absolute Gasteiger partial charge is 0.394 e. The van der Waals surface area contributed by atoms with Gasteiger partial charge in [0.05, 0.1) is 12.6 Å². The molecular formula is C13H17NO3. The first-order valence-electron chi connectivity index (χ1n) is 5.89. The minimum absolute atomic E-state index is 0.109. The van der Waals surface area contributed by atoms with Gasteiger partial charge in [0.1, 0.15) is 6.10 Å². The number of hydrogen-bond acceptors (Lipinski definition) is 3. The first-order chi connectivity index (χ1) is 8.31. The number of rotatable bonds is 4. The molecule has 0 aromatic heterocycles. The van der Waals surface area contributed by atoms with E-state index in [-0.39, 0.29) is 24.7 Å². The molecule has 1 fully saturated rings. The van der Waals surface area contributed by atoms with E-state index in [2.05, 4.69) is 5.32 Å². The number of ether oxygens (including phenoxy) is 1. The van der Waals surface area contributed by atoms with Crippen LogP contribution in [0, 0.1) is 0 Å². The highest BCUT2D eigenvalue weighted by Crippen LogP contribution is 2.16. The van der Waals surface area contributed by atoms with E-state index >= 15 is 0 Å². The second-order valence-electron chi connectivity index (χ2n) is 4.16. The van der Waals surface area contributed by atoms with E-state index in [0.717, 1.165) is 18.4 Å². The average Bonchev–Trinajstić information content (AvgIpc) is 2.90. The molecule has 1 aliphatic heterocycles. The first-order valence-corrected chi connectivity index (χ1v) is 5.89. The van der Waals surface area contributed by atoms with Crippen molar-refractivity contribution in [3.63, 3.8) is 0 Å². The Balaban J connectivity index is 1.97. The maximum absolute atomic E-state index is 11.8. The lowest BCUT2D eigenvalue weighted by atomic mass is 10.1. The molecule has 0 aliphatic carbocycles. The topological polar surface area (TPSA) is 58.6 Å². The number of hydrogen-bond donors (Lipinski definition) is 2. The first kappa shape index (κ1) is 12.1. The summed E-state index contributed by atoms with van der Waals surface area (Å²) >= 11 is 0. The van der Waals surface area contributed by atoms with Gasteiger partial charge in [0.15, 0.2) is 0 Å². The van der Waals surface area contributed by atoms with Crippen LogP contribution < -0.4 is 5.32 Å². The summed E-state index contributed by atoms with van der Waals surface area (Å²) in [7, 11) is 0. The molecule has 0 bridgehead atoms. The molecule has 4 nitrogen and oxygen atoms in total. The monoisotopic (exact) mass is 235 g/mol. The number of aliphatic hydroxyl groups is 1. The highest BCUT2D eigenvalue weighted by molar-refractivity contribution is 5.81. The molecule has 4 heteroatoms. The lowest BCUT2D eigenvalue weighted by molar-refractivity contribution is -0.131. The average molecular weight is 235 g/mol. The smallest absolute Gasteiger partial charge is 0.249 e. The number of amides is 1. The summed E-state index contributed by atoms with van der Waals surface area (Å²) in [5, 5.41) is 12.1. The molecule has 1 aliphatic rings. The van der Waals surface area contributed by atoms with Crippen molar-refractivity contribution in [3.05, 3.63) is 35.9 Å². The molecule has 2 rings (SSSR count). The van der Waals surface area contributed by atoms with Gasteiger partial charge in [-0.15, -0.1) is 0 Å². The van der Waals surface area contributed by atoms with Crippen LogP contribution in [0.3, 0.4) is 0 Å². The zero-order chi connectivity index (χ0) is 12.1. The Bertz CT molecular complexity index is 360. The summed E-state index contributed by atoms with van der Waals surface area (Å²) in [6.45, 7) is 0.537. The third kappa shape index (κ3) is 3.05. The lowest BCUT2D eigenvalue weighted by Gasteiger charge is -2.19. The molecule has 0 radical (unpaired) electrons. The Morgan fingerprint density at radius 1 is 1.47 bits per heavy atom. The van der Waals surface area contributed by atoms with Crippen molar-refractivity contribution in [3.8, 4) is 0 Å². The highest BCUT2D eigenvalue weighted by atomic mass is 16.5. The van der Waals surface area contributed by atoms with Crippen LogP contribution in [-0.2, 0) is 9.53 Å². The SMILES string of the molecule is O=C(N[C@@H](CO)c1ccccc1)C1CCCO1. The van der Waals surface area contributed by atoms with E-state index < -0.39 is 0 Å². The summed E-state index contributed by atoms with van der Waals surface area (Å²) in [5.41, 5.74) is 0.904. The van der Waals surface area contributed by atoms with Gasteiger partial charge in [-0.25, -0.2) is 0 Å². The molecule has 2 atom stereocenters. The standard InChI is InChI=1S/C13H17NO3/c15-9-11(10-5-2-1-3-6-10)14-13(16)12-7-4-8-17-12/h1-3,5-6,11-12,15H,4,7-9H2,(H,14,16)/t11-,12?/m0/s1. The quantitative estimate of drug-likeness (QED) is 0.819. The van der Waals surface area contributed by atoms with Crippen molar-refractivity contribution in [1.82, 2.24) is 5.32 Å². The molecule has 0 spiro atoms. The molecule has 92 valence electrons. The van der Waals surface area contributed by atoms with E-state index in [1.165, 1.54) is 0 Å². The van der Waals surface area contributed by atoms with Crippen LogP contribution in [0.5, 0.6) is 0 Å². The van der Waals surface area contributed by atoms with Crippen LogP contribution in [0.15, 0.2) is 30.3 Å². The predicted molar refractivity (Wildman–Crippen MR) is 63.4 cm³/mol. The summed E-state index contributed by atoms with van der Waals surface area (Å²) in [6, 6.07) is 9.09. The van der Waals surface area contributed by atoms with Crippen molar-refractivity contribution in [2.45, 2.75) is 25.0 Å². The minimum atomic E-state index is -0.354. The third-order valence-corrected chi connectivity index (χ3v) is 2.92. The third-order valence-electron chi connectivity index (χ3n) is 2.92. The Kier molecular flexibility index (Phi) is 4.12. The fourth-order valence-corrected chi connectivity index (χ4v) is 1.97. The zero-order valence-electron chi connectivity index (χ0n) is 9.63. The Hall–Kier alpha value is -1.39. The Morgan fingerprint density at radius 3 is 2.82 bits per heavy atom. The molecule has 2 N–H and O–H groups in total.